The maximum Gasteiger partial charge on any atom is 0.227 e. The van der Waals surface area contributed by atoms with Crippen molar-refractivity contribution in [3.05, 3.63) is 42.5 Å². The van der Waals surface area contributed by atoms with Gasteiger partial charge in [-0.05, 0) is 17.7 Å². The molecule has 0 aromatic heterocycles. The number of carbonyl (C=O) groups excluding carboxylic acids is 1. The Morgan fingerprint density at radius 2 is 2.00 bits per heavy atom. The van der Waals surface area contributed by atoms with Crippen LogP contribution in [0.25, 0.3) is 0 Å². The lowest BCUT2D eigenvalue weighted by atomic mass is 9.98. The van der Waals surface area contributed by atoms with E-state index >= 15 is 0 Å². The van der Waals surface area contributed by atoms with E-state index in [-0.39, 0.29) is 12.6 Å². The van der Waals surface area contributed by atoms with Gasteiger partial charge < -0.3 is 24.6 Å². The first-order valence-electron chi connectivity index (χ1n) is 7.35. The zero-order chi connectivity index (χ0) is 17.2. The summed E-state index contributed by atoms with van der Waals surface area (Å²) in [5.74, 6) is -0.194. The highest BCUT2D eigenvalue weighted by molar-refractivity contribution is 5.78. The smallest absolute Gasteiger partial charge is 0.227 e. The predicted molar refractivity (Wildman–Crippen MR) is 87.0 cm³/mol. The van der Waals surface area contributed by atoms with E-state index in [1.54, 1.807) is 14.0 Å². The summed E-state index contributed by atoms with van der Waals surface area (Å²) >= 11 is 0. The molecule has 6 heteroatoms. The summed E-state index contributed by atoms with van der Waals surface area (Å²) in [5.41, 5.74) is 0.932. The average molecular weight is 323 g/mol. The van der Waals surface area contributed by atoms with Gasteiger partial charge >= 0.3 is 0 Å². The second kappa shape index (κ2) is 9.99. The summed E-state index contributed by atoms with van der Waals surface area (Å²) in [6, 6.07) is 7.41. The van der Waals surface area contributed by atoms with Crippen LogP contribution >= 0.6 is 0 Å². The van der Waals surface area contributed by atoms with E-state index in [9.17, 15) is 9.90 Å². The molecule has 0 aliphatic rings. The molecule has 2 N–H and O–H groups in total. The SMILES string of the molecule is C=C[C@@H](OCc1ccc(OC)cc1)[C@@H](O)[C@H](C)C(=O)NCOC. The second-order valence-corrected chi connectivity index (χ2v) is 5.11. The van der Waals surface area contributed by atoms with Gasteiger partial charge in [-0.3, -0.25) is 4.79 Å². The normalized spacial score (nSPS) is 14.6. The molecule has 3 atom stereocenters. The van der Waals surface area contributed by atoms with Crippen molar-refractivity contribution in [1.29, 1.82) is 0 Å². The van der Waals surface area contributed by atoms with Crippen molar-refractivity contribution in [2.45, 2.75) is 25.7 Å². The van der Waals surface area contributed by atoms with E-state index in [2.05, 4.69) is 11.9 Å². The van der Waals surface area contributed by atoms with Crippen molar-refractivity contribution >= 4 is 5.91 Å². The Hall–Kier alpha value is -1.89. The fourth-order valence-electron chi connectivity index (χ4n) is 1.96. The Kier molecular flexibility index (Phi) is 8.32. The van der Waals surface area contributed by atoms with E-state index in [1.807, 2.05) is 24.3 Å². The summed E-state index contributed by atoms with van der Waals surface area (Å²) in [7, 11) is 3.08. The number of aliphatic hydroxyl groups is 1. The van der Waals surface area contributed by atoms with Crippen molar-refractivity contribution in [3.8, 4) is 5.75 Å². The molecule has 1 aromatic rings. The van der Waals surface area contributed by atoms with Crippen LogP contribution in [0.3, 0.4) is 0 Å². The number of nitrogens with one attached hydrogen (secondary N) is 1. The number of ether oxygens (including phenoxy) is 3. The Labute approximate surface area is 137 Å². The lowest BCUT2D eigenvalue weighted by Crippen LogP contribution is -2.42. The molecule has 0 radical (unpaired) electrons. The van der Waals surface area contributed by atoms with Crippen LogP contribution in [0.5, 0.6) is 5.75 Å². The number of hydrogen-bond donors (Lipinski definition) is 2. The van der Waals surface area contributed by atoms with Crippen LogP contribution in [0.1, 0.15) is 12.5 Å². The monoisotopic (exact) mass is 323 g/mol. The fraction of sp³-hybridized carbons (Fsp3) is 0.471. The van der Waals surface area contributed by atoms with Crippen LogP contribution < -0.4 is 10.1 Å². The van der Waals surface area contributed by atoms with E-state index in [0.717, 1.165) is 11.3 Å². The molecule has 6 nitrogen and oxygen atoms in total. The minimum absolute atomic E-state index is 0.0986. The number of rotatable bonds is 10. The first-order chi connectivity index (χ1) is 11.0. The molecule has 0 heterocycles. The number of benzene rings is 1. The molecule has 23 heavy (non-hydrogen) atoms. The third-order valence-electron chi connectivity index (χ3n) is 3.49. The van der Waals surface area contributed by atoms with Gasteiger partial charge in [-0.15, -0.1) is 6.58 Å². The van der Waals surface area contributed by atoms with Crippen LogP contribution in [0.4, 0.5) is 0 Å². The molecule has 128 valence electrons. The number of hydrogen-bond acceptors (Lipinski definition) is 5. The minimum atomic E-state index is -0.998. The maximum atomic E-state index is 11.9. The Bertz CT molecular complexity index is 488. The molecule has 0 aliphatic heterocycles. The van der Waals surface area contributed by atoms with Crippen LogP contribution in [0.15, 0.2) is 36.9 Å². The lowest BCUT2D eigenvalue weighted by molar-refractivity contribution is -0.133. The number of methoxy groups -OCH3 is 2. The third-order valence-corrected chi connectivity index (χ3v) is 3.49. The van der Waals surface area contributed by atoms with E-state index in [0.29, 0.717) is 6.61 Å². The van der Waals surface area contributed by atoms with Gasteiger partial charge in [0.15, 0.2) is 0 Å². The summed E-state index contributed by atoms with van der Waals surface area (Å²) in [6.45, 7) is 5.69. The number of aliphatic hydroxyl groups excluding tert-OH is 1. The van der Waals surface area contributed by atoms with Crippen molar-refractivity contribution < 1.29 is 24.1 Å². The number of carbonyl (C=O) groups is 1. The number of amides is 1. The largest absolute Gasteiger partial charge is 0.497 e. The highest BCUT2D eigenvalue weighted by Gasteiger charge is 2.28. The molecular formula is C17H25NO5. The second-order valence-electron chi connectivity index (χ2n) is 5.11. The van der Waals surface area contributed by atoms with E-state index in [4.69, 9.17) is 14.2 Å². The predicted octanol–water partition coefficient (Wildman–Crippen LogP) is 1.48. The molecule has 0 fully saturated rings. The van der Waals surface area contributed by atoms with Crippen molar-refractivity contribution in [3.63, 3.8) is 0 Å². The third kappa shape index (κ3) is 6.02. The fourth-order valence-corrected chi connectivity index (χ4v) is 1.96. The average Bonchev–Trinajstić information content (AvgIpc) is 2.59. The van der Waals surface area contributed by atoms with Gasteiger partial charge in [0.05, 0.1) is 25.7 Å². The van der Waals surface area contributed by atoms with Gasteiger partial charge in [0, 0.05) is 7.11 Å². The van der Waals surface area contributed by atoms with Crippen LogP contribution in [0, 0.1) is 5.92 Å². The molecule has 0 saturated heterocycles. The van der Waals surface area contributed by atoms with E-state index in [1.165, 1.54) is 13.2 Å². The molecule has 0 bridgehead atoms. The van der Waals surface area contributed by atoms with Crippen LogP contribution in [-0.4, -0.2) is 44.2 Å². The first-order valence-corrected chi connectivity index (χ1v) is 7.35. The molecule has 0 spiro atoms. The lowest BCUT2D eigenvalue weighted by Gasteiger charge is -2.25. The van der Waals surface area contributed by atoms with Crippen LogP contribution in [0.2, 0.25) is 0 Å². The van der Waals surface area contributed by atoms with Crippen molar-refractivity contribution in [2.24, 2.45) is 5.92 Å². The molecule has 0 unspecified atom stereocenters. The van der Waals surface area contributed by atoms with Gasteiger partial charge in [0.2, 0.25) is 5.91 Å². The summed E-state index contributed by atoms with van der Waals surface area (Å²) in [6.07, 6.45) is -0.156. The van der Waals surface area contributed by atoms with Gasteiger partial charge in [-0.2, -0.15) is 0 Å². The van der Waals surface area contributed by atoms with Gasteiger partial charge in [0.25, 0.3) is 0 Å². The summed E-state index contributed by atoms with van der Waals surface area (Å²) < 4.78 is 15.5. The zero-order valence-corrected chi connectivity index (χ0v) is 13.8. The van der Waals surface area contributed by atoms with Gasteiger partial charge in [0.1, 0.15) is 18.6 Å². The highest BCUT2D eigenvalue weighted by Crippen LogP contribution is 2.16. The van der Waals surface area contributed by atoms with Crippen molar-refractivity contribution in [2.75, 3.05) is 21.0 Å². The minimum Gasteiger partial charge on any atom is -0.497 e. The van der Waals surface area contributed by atoms with E-state index < -0.39 is 18.1 Å². The summed E-state index contributed by atoms with van der Waals surface area (Å²) in [5, 5.41) is 12.8. The molecule has 1 aromatic carbocycles. The zero-order valence-electron chi connectivity index (χ0n) is 13.8. The Balaban J connectivity index is 2.57. The molecular weight excluding hydrogens is 298 g/mol. The quantitative estimate of drug-likeness (QED) is 0.504. The standard InChI is InChI=1S/C17H25NO5/c1-5-15(16(19)12(2)17(20)18-11-21-3)23-10-13-6-8-14(22-4)9-7-13/h5-9,12,15-16,19H,1,10-11H2,2-4H3,(H,18,20)/t12-,15+,16-/m0/s1. The highest BCUT2D eigenvalue weighted by atomic mass is 16.5. The Morgan fingerprint density at radius 1 is 1.35 bits per heavy atom. The Morgan fingerprint density at radius 3 is 2.52 bits per heavy atom. The summed E-state index contributed by atoms with van der Waals surface area (Å²) in [4.78, 5) is 11.9. The van der Waals surface area contributed by atoms with Gasteiger partial charge in [-0.1, -0.05) is 25.1 Å². The first kappa shape index (κ1) is 19.2. The molecule has 0 saturated carbocycles. The molecule has 1 rings (SSSR count). The topological polar surface area (TPSA) is 77.0 Å². The van der Waals surface area contributed by atoms with Gasteiger partial charge in [-0.25, -0.2) is 0 Å². The molecule has 1 amide bonds. The van der Waals surface area contributed by atoms with Crippen molar-refractivity contribution in [1.82, 2.24) is 5.32 Å². The van der Waals surface area contributed by atoms with Crippen LogP contribution in [-0.2, 0) is 20.9 Å². The maximum absolute atomic E-state index is 11.9. The molecule has 0 aliphatic carbocycles.